The summed E-state index contributed by atoms with van der Waals surface area (Å²) in [6.07, 6.45) is -3.23. The van der Waals surface area contributed by atoms with E-state index in [-0.39, 0.29) is 41.8 Å². The van der Waals surface area contributed by atoms with Crippen LogP contribution in [0.1, 0.15) is 34.5 Å². The smallest absolute Gasteiger partial charge is 0.416 e. The maximum absolute atomic E-state index is 14.2. The minimum Gasteiger partial charge on any atom is -0.491 e. The fourth-order valence-electron chi connectivity index (χ4n) is 4.16. The Balaban J connectivity index is 1.54. The average Bonchev–Trinajstić information content (AvgIpc) is 3.38. The lowest BCUT2D eigenvalue weighted by atomic mass is 10.0. The third kappa shape index (κ3) is 3.31. The number of benzene rings is 2. The number of fused-ring (bicyclic) bond motifs is 4. The van der Waals surface area contributed by atoms with Crippen LogP contribution in [0.3, 0.4) is 0 Å². The second-order valence-electron chi connectivity index (χ2n) is 7.61. The molecule has 0 fully saturated rings. The second-order valence-corrected chi connectivity index (χ2v) is 7.61. The van der Waals surface area contributed by atoms with Gasteiger partial charge in [-0.3, -0.25) is 9.20 Å². The van der Waals surface area contributed by atoms with E-state index in [2.05, 4.69) is 9.97 Å². The first-order valence-corrected chi connectivity index (χ1v) is 10.1. The molecule has 7 nitrogen and oxygen atoms in total. The van der Waals surface area contributed by atoms with Crippen molar-refractivity contribution in [3.63, 3.8) is 0 Å². The molecule has 11 heteroatoms. The van der Waals surface area contributed by atoms with Gasteiger partial charge < -0.3 is 15.4 Å². The molecular weight excluding hydrogens is 442 g/mol. The van der Waals surface area contributed by atoms with E-state index in [4.69, 9.17) is 10.5 Å². The Hall–Kier alpha value is -3.89. The summed E-state index contributed by atoms with van der Waals surface area (Å²) in [5.74, 6) is -0.949. The van der Waals surface area contributed by atoms with Crippen LogP contribution in [0.15, 0.2) is 42.6 Å². The van der Waals surface area contributed by atoms with Gasteiger partial charge in [0.05, 0.1) is 28.8 Å². The highest BCUT2D eigenvalue weighted by atomic mass is 19.4. The van der Waals surface area contributed by atoms with Gasteiger partial charge in [0.2, 0.25) is 11.9 Å². The lowest BCUT2D eigenvalue weighted by molar-refractivity contribution is -0.137. The zero-order valence-corrected chi connectivity index (χ0v) is 17.2. The van der Waals surface area contributed by atoms with Crippen molar-refractivity contribution >= 4 is 28.4 Å². The predicted molar refractivity (Wildman–Crippen MR) is 111 cm³/mol. The first-order valence-electron chi connectivity index (χ1n) is 10.1. The van der Waals surface area contributed by atoms with Gasteiger partial charge in [-0.2, -0.15) is 17.6 Å². The number of hydrogen-bond acceptors (Lipinski definition) is 5. The van der Waals surface area contributed by atoms with Crippen molar-refractivity contribution in [2.75, 3.05) is 18.9 Å². The molecule has 0 saturated carbocycles. The molecule has 2 aromatic heterocycles. The summed E-state index contributed by atoms with van der Waals surface area (Å²) >= 11 is 0. The van der Waals surface area contributed by atoms with Crippen LogP contribution >= 0.6 is 0 Å². The number of imidazole rings is 1. The highest BCUT2D eigenvalue weighted by Gasteiger charge is 2.36. The molecule has 170 valence electrons. The first-order chi connectivity index (χ1) is 15.7. The highest BCUT2D eigenvalue weighted by molar-refractivity contribution is 5.98. The number of hydrogen-bond donors (Lipinski definition) is 1. The maximum Gasteiger partial charge on any atom is 0.416 e. The molecule has 0 bridgehead atoms. The molecule has 1 atom stereocenters. The van der Waals surface area contributed by atoms with Gasteiger partial charge in [0.25, 0.3) is 5.91 Å². The van der Waals surface area contributed by atoms with Crippen LogP contribution < -0.4 is 10.5 Å². The van der Waals surface area contributed by atoms with Crippen LogP contribution in [0.2, 0.25) is 0 Å². The molecule has 0 unspecified atom stereocenters. The van der Waals surface area contributed by atoms with Gasteiger partial charge in [-0.1, -0.05) is 6.07 Å². The van der Waals surface area contributed by atoms with E-state index in [9.17, 15) is 22.4 Å². The van der Waals surface area contributed by atoms with Crippen LogP contribution in [0.4, 0.5) is 23.5 Å². The SMILES string of the molecule is CCN(C(=O)c1ccc2nc(F)c3cnc(N)n3c2c1)[C@@H]1COc2cc(C(F)(F)F)ccc21. The average molecular weight is 459 g/mol. The number of nitrogens with zero attached hydrogens (tertiary/aromatic N) is 4. The minimum atomic E-state index is -4.49. The van der Waals surface area contributed by atoms with E-state index in [0.29, 0.717) is 16.6 Å². The van der Waals surface area contributed by atoms with E-state index in [0.717, 1.165) is 12.1 Å². The fourth-order valence-corrected chi connectivity index (χ4v) is 4.16. The summed E-state index contributed by atoms with van der Waals surface area (Å²) < 4.78 is 60.2. The Kier molecular flexibility index (Phi) is 4.66. The van der Waals surface area contributed by atoms with Gasteiger partial charge >= 0.3 is 6.18 Å². The number of carbonyl (C=O) groups is 1. The van der Waals surface area contributed by atoms with Crippen molar-refractivity contribution in [1.29, 1.82) is 0 Å². The number of halogens is 4. The van der Waals surface area contributed by atoms with Crippen molar-refractivity contribution < 1.29 is 27.1 Å². The molecule has 0 radical (unpaired) electrons. The van der Waals surface area contributed by atoms with Gasteiger partial charge in [0, 0.05) is 17.7 Å². The predicted octanol–water partition coefficient (Wildman–Crippen LogP) is 4.22. The molecule has 1 aliphatic rings. The highest BCUT2D eigenvalue weighted by Crippen LogP contribution is 2.41. The molecule has 3 heterocycles. The van der Waals surface area contributed by atoms with E-state index in [1.807, 2.05) is 0 Å². The number of ether oxygens (including phenoxy) is 1. The summed E-state index contributed by atoms with van der Waals surface area (Å²) in [5, 5.41) is 0. The van der Waals surface area contributed by atoms with Gasteiger partial charge in [0.1, 0.15) is 17.9 Å². The number of anilines is 1. The summed E-state index contributed by atoms with van der Waals surface area (Å²) in [6, 6.07) is 7.28. The largest absolute Gasteiger partial charge is 0.491 e. The summed E-state index contributed by atoms with van der Waals surface area (Å²) in [5.41, 5.74) is 6.63. The van der Waals surface area contributed by atoms with Crippen LogP contribution in [0, 0.1) is 5.95 Å². The number of rotatable bonds is 3. The van der Waals surface area contributed by atoms with Crippen molar-refractivity contribution in [3.8, 4) is 5.75 Å². The molecule has 2 N–H and O–H groups in total. The lowest BCUT2D eigenvalue weighted by Crippen LogP contribution is -2.35. The number of carbonyl (C=O) groups excluding carboxylic acids is 1. The van der Waals surface area contributed by atoms with Gasteiger partial charge in [0.15, 0.2) is 0 Å². The first kappa shape index (κ1) is 21.0. The van der Waals surface area contributed by atoms with E-state index in [1.54, 1.807) is 13.0 Å². The normalized spacial score (nSPS) is 15.6. The minimum absolute atomic E-state index is 0.0370. The molecule has 4 aromatic rings. The number of amides is 1. The number of alkyl halides is 3. The molecule has 33 heavy (non-hydrogen) atoms. The quantitative estimate of drug-likeness (QED) is 0.464. The van der Waals surface area contributed by atoms with Gasteiger partial charge in [-0.05, 0) is 37.3 Å². The number of nitrogen functional groups attached to an aromatic ring is 1. The van der Waals surface area contributed by atoms with Crippen molar-refractivity contribution in [2.24, 2.45) is 0 Å². The zero-order valence-electron chi connectivity index (χ0n) is 17.2. The van der Waals surface area contributed by atoms with E-state index in [1.165, 1.54) is 33.7 Å². The molecule has 1 amide bonds. The monoisotopic (exact) mass is 459 g/mol. The van der Waals surface area contributed by atoms with Crippen LogP contribution in [0.25, 0.3) is 16.6 Å². The summed E-state index contributed by atoms with van der Waals surface area (Å²) in [6.45, 7) is 2.09. The molecule has 0 saturated heterocycles. The standard InChI is InChI=1S/C22H17F4N5O2/c1-2-30(17-10-33-18-8-12(22(24,25)26)4-5-13(17)18)20(32)11-3-6-14-15(7-11)31-16(19(23)29-14)9-28-21(31)27/h3-9,17H,2,10H2,1H3,(H2,27,28)/t17-/m1/s1. The van der Waals surface area contributed by atoms with Crippen LogP contribution in [0.5, 0.6) is 5.75 Å². The molecule has 5 rings (SSSR count). The number of aromatic nitrogens is 3. The van der Waals surface area contributed by atoms with E-state index >= 15 is 0 Å². The fraction of sp³-hybridized carbons (Fsp3) is 0.227. The Morgan fingerprint density at radius 3 is 2.76 bits per heavy atom. The number of likely N-dealkylation sites (N-methyl/N-ethyl adjacent to an activating group) is 1. The van der Waals surface area contributed by atoms with Gasteiger partial charge in [-0.25, -0.2) is 9.97 Å². The van der Waals surface area contributed by atoms with Crippen LogP contribution in [-0.2, 0) is 6.18 Å². The summed E-state index contributed by atoms with van der Waals surface area (Å²) in [7, 11) is 0. The second kappa shape index (κ2) is 7.32. The third-order valence-corrected chi connectivity index (χ3v) is 5.76. The Bertz CT molecular complexity index is 1420. The van der Waals surface area contributed by atoms with Crippen molar-refractivity contribution in [1.82, 2.24) is 19.3 Å². The van der Waals surface area contributed by atoms with Crippen molar-refractivity contribution in [2.45, 2.75) is 19.1 Å². The Morgan fingerprint density at radius 2 is 2.03 bits per heavy atom. The molecule has 0 spiro atoms. The molecule has 0 aliphatic carbocycles. The van der Waals surface area contributed by atoms with Gasteiger partial charge in [-0.15, -0.1) is 0 Å². The molecule has 1 aliphatic heterocycles. The van der Waals surface area contributed by atoms with E-state index < -0.39 is 23.7 Å². The zero-order chi connectivity index (χ0) is 23.5. The third-order valence-electron chi connectivity index (χ3n) is 5.76. The molecular formula is C22H17F4N5O2. The Labute approximate surface area is 184 Å². The summed E-state index contributed by atoms with van der Waals surface area (Å²) in [4.78, 5) is 22.7. The lowest BCUT2D eigenvalue weighted by Gasteiger charge is -2.27. The number of nitrogens with two attached hydrogens (primary N) is 1. The maximum atomic E-state index is 14.2. The topological polar surface area (TPSA) is 85.8 Å². The van der Waals surface area contributed by atoms with Crippen LogP contribution in [-0.4, -0.2) is 38.3 Å². The molecule has 2 aromatic carbocycles. The van der Waals surface area contributed by atoms with Crippen molar-refractivity contribution in [3.05, 3.63) is 65.2 Å². The Morgan fingerprint density at radius 1 is 1.24 bits per heavy atom.